The van der Waals surface area contributed by atoms with E-state index >= 15 is 0 Å². The third-order valence-electron chi connectivity index (χ3n) is 8.70. The van der Waals surface area contributed by atoms with Crippen LogP contribution in [-0.4, -0.2) is 102 Å². The lowest BCUT2D eigenvalue weighted by atomic mass is 10.1. The highest BCUT2D eigenvalue weighted by Gasteiger charge is 2.30. The summed E-state index contributed by atoms with van der Waals surface area (Å²) in [5.74, 6) is -3.00. The van der Waals surface area contributed by atoms with Gasteiger partial charge in [0.2, 0.25) is 12.4 Å². The number of hydrogen-bond donors (Lipinski definition) is 7. The minimum absolute atomic E-state index is 0.0603. The van der Waals surface area contributed by atoms with Crippen LogP contribution in [0.15, 0.2) is 81.3 Å². The van der Waals surface area contributed by atoms with E-state index in [4.69, 9.17) is 22.4 Å². The Labute approximate surface area is 326 Å². The predicted octanol–water partition coefficient (Wildman–Crippen LogP) is 4.16. The average Bonchev–Trinajstić information content (AvgIpc) is 3.15. The maximum absolute atomic E-state index is 12.3. The van der Waals surface area contributed by atoms with Crippen molar-refractivity contribution in [3.8, 4) is 0 Å². The first kappa shape index (κ1) is 40.4. The molecule has 1 aromatic heterocycles. The molecule has 8 N–H and O–H groups in total. The van der Waals surface area contributed by atoms with E-state index in [1.807, 2.05) is 17.8 Å². The van der Waals surface area contributed by atoms with E-state index < -0.39 is 41.9 Å². The van der Waals surface area contributed by atoms with Crippen molar-refractivity contribution in [3.05, 3.63) is 87.7 Å². The van der Waals surface area contributed by atoms with Gasteiger partial charge < -0.3 is 46.6 Å². The van der Waals surface area contributed by atoms with Crippen molar-refractivity contribution in [2.24, 2.45) is 0 Å². The van der Waals surface area contributed by atoms with Crippen molar-refractivity contribution in [3.63, 3.8) is 0 Å². The van der Waals surface area contributed by atoms with Gasteiger partial charge in [-0.3, -0.25) is 24.2 Å². The van der Waals surface area contributed by atoms with Gasteiger partial charge in [0.15, 0.2) is 11.5 Å². The Kier molecular flexibility index (Phi) is 13.6. The number of aliphatic carboxylic acids is 2. The smallest absolute Gasteiger partial charge is 0.326 e. The highest BCUT2D eigenvalue weighted by molar-refractivity contribution is 7.99. The monoisotopic (exact) mass is 791 g/mol. The number of halogens is 1. The van der Waals surface area contributed by atoms with Crippen LogP contribution in [0.3, 0.4) is 0 Å². The van der Waals surface area contributed by atoms with Crippen LogP contribution < -0.4 is 37.0 Å². The Bertz CT molecular complexity index is 2080. The second-order valence-corrected chi connectivity index (χ2v) is 14.5. The van der Waals surface area contributed by atoms with E-state index in [2.05, 4.69) is 86.2 Å². The number of carboxylic acids is 2. The zero-order valence-electron chi connectivity index (χ0n) is 30.1. The van der Waals surface area contributed by atoms with Crippen LogP contribution in [0.4, 0.5) is 34.5 Å². The lowest BCUT2D eigenvalue weighted by molar-refractivity contribution is -0.140. The van der Waals surface area contributed by atoms with Gasteiger partial charge in [-0.05, 0) is 88.1 Å². The van der Waals surface area contributed by atoms with Crippen molar-refractivity contribution < 1.29 is 29.4 Å². The van der Waals surface area contributed by atoms with Gasteiger partial charge in [0, 0.05) is 52.1 Å². The molecule has 0 saturated carbocycles. The Morgan fingerprint density at radius 1 is 1.09 bits per heavy atom. The van der Waals surface area contributed by atoms with Gasteiger partial charge in [0.05, 0.1) is 17.4 Å². The van der Waals surface area contributed by atoms with Crippen LogP contribution in [-0.2, 0) is 14.4 Å². The molecule has 2 atom stereocenters. The number of anilines is 6. The maximum Gasteiger partial charge on any atom is 0.326 e. The van der Waals surface area contributed by atoms with Crippen LogP contribution in [0.25, 0.3) is 0 Å². The van der Waals surface area contributed by atoms with E-state index in [0.717, 1.165) is 24.5 Å². The first-order chi connectivity index (χ1) is 26.3. The van der Waals surface area contributed by atoms with Crippen LogP contribution in [0.2, 0.25) is 5.02 Å². The van der Waals surface area contributed by atoms with E-state index in [-0.39, 0.29) is 36.0 Å². The van der Waals surface area contributed by atoms with Gasteiger partial charge in [-0.15, -0.1) is 0 Å². The minimum atomic E-state index is -1.33. The number of carbonyl (C=O) groups is 4. The summed E-state index contributed by atoms with van der Waals surface area (Å²) in [4.78, 5) is 73.0. The number of H-pyrrole nitrogens is 1. The topological polar surface area (TPSA) is 226 Å². The predicted molar refractivity (Wildman–Crippen MR) is 213 cm³/mol. The average molecular weight is 792 g/mol. The minimum Gasteiger partial charge on any atom is -0.481 e. The first-order valence-electron chi connectivity index (χ1n) is 17.3. The van der Waals surface area contributed by atoms with Crippen molar-refractivity contribution in [2.75, 3.05) is 66.4 Å². The molecule has 3 aromatic carbocycles. The molecule has 4 aromatic rings. The molecule has 1 unspecified atom stereocenters. The number of aromatic nitrogens is 2. The van der Waals surface area contributed by atoms with E-state index in [1.54, 1.807) is 12.1 Å². The van der Waals surface area contributed by atoms with E-state index in [1.165, 1.54) is 38.2 Å². The van der Waals surface area contributed by atoms with Gasteiger partial charge in [-0.25, -0.2) is 4.79 Å². The Morgan fingerprint density at radius 3 is 2.51 bits per heavy atom. The molecule has 0 saturated heterocycles. The fourth-order valence-corrected chi connectivity index (χ4v) is 7.22. The Balaban J connectivity index is 0.000000235. The number of amides is 2. The first-order valence-corrected chi connectivity index (χ1v) is 18.5. The third kappa shape index (κ3) is 10.5. The summed E-state index contributed by atoms with van der Waals surface area (Å²) < 4.78 is 0. The van der Waals surface area contributed by atoms with E-state index in [9.17, 15) is 29.1 Å². The van der Waals surface area contributed by atoms with Crippen LogP contribution in [0, 0.1) is 0 Å². The molecule has 55 heavy (non-hydrogen) atoms. The summed E-state index contributed by atoms with van der Waals surface area (Å²) in [7, 11) is 4.23. The van der Waals surface area contributed by atoms with Gasteiger partial charge in [0.25, 0.3) is 11.5 Å². The molecular formula is C37H42ClN9O7S. The summed E-state index contributed by atoms with van der Waals surface area (Å²) in [5.41, 5.74) is 8.35. The zero-order chi connectivity index (χ0) is 39.6. The standard InChI is InChI=1S/C20H23N7O7.C17H19ClN2S/c21-20-25-16-15(18(32)26-20)27(9-28)12(8-23-16)7-22-11-3-1-10(2-4-11)17(31)24-13(19(33)34)5-6-14(29)30;1-19(2)10-5-11-20-14-6-3-4-7-16(14)21-17-9-8-13(18)12-15(17)20/h1-4,9,12-13,22H,5-8H2,(H,24,31)(H,29,30)(H,33,34)(H4,21,23,25,26,32);3-4,6-9,12H,5,10-11H2,1-2H3/t12?,13-;/m0./s1. The number of nitrogens with zero attached hydrogens (tertiary/aromatic N) is 4. The molecule has 2 aliphatic rings. The second kappa shape index (κ2) is 18.5. The van der Waals surface area contributed by atoms with Gasteiger partial charge >= 0.3 is 11.9 Å². The molecule has 290 valence electrons. The number of carbonyl (C=O) groups excluding carboxylic acids is 2. The number of carboxylic acid groups (broad SMARTS) is 2. The quantitative estimate of drug-likeness (QED) is 0.0891. The number of nitrogens with two attached hydrogens (primary N) is 1. The number of nitrogens with one attached hydrogen (secondary N) is 4. The lowest BCUT2D eigenvalue weighted by Gasteiger charge is -2.34. The molecule has 16 nitrogen and oxygen atoms in total. The molecular weight excluding hydrogens is 750 g/mol. The molecule has 0 bridgehead atoms. The van der Waals surface area contributed by atoms with Crippen LogP contribution >= 0.6 is 23.4 Å². The van der Waals surface area contributed by atoms with Crippen LogP contribution in [0.1, 0.15) is 29.6 Å². The van der Waals surface area contributed by atoms with Gasteiger partial charge in [-0.2, -0.15) is 4.98 Å². The Hall–Kier alpha value is -5.78. The second-order valence-electron chi connectivity index (χ2n) is 12.9. The number of rotatable bonds is 14. The van der Waals surface area contributed by atoms with Crippen molar-refractivity contribution in [2.45, 2.75) is 41.1 Å². The summed E-state index contributed by atoms with van der Waals surface area (Å²) in [6.45, 7) is 2.66. The number of benzene rings is 3. The molecule has 2 amide bonds. The molecule has 0 fully saturated rings. The maximum atomic E-state index is 12.3. The third-order valence-corrected chi connectivity index (χ3v) is 10.1. The largest absolute Gasteiger partial charge is 0.481 e. The fraction of sp³-hybridized carbons (Fsp3) is 0.297. The van der Waals surface area contributed by atoms with Crippen molar-refractivity contribution >= 4 is 82.1 Å². The Morgan fingerprint density at radius 2 is 1.82 bits per heavy atom. The molecule has 2 aliphatic heterocycles. The lowest BCUT2D eigenvalue weighted by Crippen LogP contribution is -2.50. The summed E-state index contributed by atoms with van der Waals surface area (Å²) in [6, 6.07) is 19.1. The number of hydrogen-bond acceptors (Lipinski definition) is 12. The number of para-hydroxylation sites is 1. The highest BCUT2D eigenvalue weighted by Crippen LogP contribution is 2.48. The fourth-order valence-electron chi connectivity index (χ4n) is 5.98. The summed E-state index contributed by atoms with van der Waals surface area (Å²) in [5, 5.41) is 27.1. The normalized spacial score (nSPS) is 14.6. The molecule has 0 radical (unpaired) electrons. The molecule has 0 aliphatic carbocycles. The number of nitrogen functional groups attached to an aromatic ring is 1. The van der Waals surface area contributed by atoms with Gasteiger partial charge in [-0.1, -0.05) is 35.5 Å². The van der Waals surface area contributed by atoms with Crippen molar-refractivity contribution in [1.82, 2.24) is 20.2 Å². The number of aromatic amines is 1. The SMILES string of the molecule is CN(C)CCCN1c2ccccc2Sc2ccc(Cl)cc21.Nc1nc2c(c(=O)[nH]1)N(C=O)C(CNc1ccc(C(=O)N[C@@H](CCC(=O)O)C(=O)O)cc1)CN2. The van der Waals surface area contributed by atoms with E-state index in [0.29, 0.717) is 18.6 Å². The zero-order valence-corrected chi connectivity index (χ0v) is 31.7. The number of fused-ring (bicyclic) bond motifs is 3. The molecule has 6 rings (SSSR count). The molecule has 3 heterocycles. The summed E-state index contributed by atoms with van der Waals surface area (Å²) in [6.07, 6.45) is 1.02. The molecule has 18 heteroatoms. The van der Waals surface area contributed by atoms with Crippen LogP contribution in [0.5, 0.6) is 0 Å². The van der Waals surface area contributed by atoms with Crippen molar-refractivity contribution in [1.29, 1.82) is 0 Å². The highest BCUT2D eigenvalue weighted by atomic mass is 35.5. The molecule has 0 spiro atoms. The van der Waals surface area contributed by atoms with Gasteiger partial charge in [0.1, 0.15) is 6.04 Å². The summed E-state index contributed by atoms with van der Waals surface area (Å²) >= 11 is 8.03.